The van der Waals surface area contributed by atoms with Gasteiger partial charge in [-0.1, -0.05) is 0 Å². The van der Waals surface area contributed by atoms with Crippen molar-refractivity contribution in [3.05, 3.63) is 52.5 Å². The summed E-state index contributed by atoms with van der Waals surface area (Å²) in [5.74, 6) is 0.770. The number of rotatable bonds is 1. The fourth-order valence-electron chi connectivity index (χ4n) is 2.16. The Balaban J connectivity index is 2.26. The van der Waals surface area contributed by atoms with Crippen LogP contribution in [0.25, 0.3) is 0 Å². The minimum Gasteiger partial charge on any atom is -0.497 e. The highest BCUT2D eigenvalue weighted by molar-refractivity contribution is 6.27. The zero-order valence-corrected chi connectivity index (χ0v) is 9.94. The van der Waals surface area contributed by atoms with Crippen LogP contribution < -0.4 is 4.74 Å². The lowest BCUT2D eigenvalue weighted by Gasteiger charge is -2.13. The van der Waals surface area contributed by atoms with Gasteiger partial charge in [-0.15, -0.1) is 0 Å². The second-order valence-corrected chi connectivity index (χ2v) is 4.17. The van der Waals surface area contributed by atoms with E-state index in [4.69, 9.17) is 9.15 Å². The average Bonchev–Trinajstić information content (AvgIpc) is 2.77. The van der Waals surface area contributed by atoms with Crippen molar-refractivity contribution in [3.8, 4) is 5.75 Å². The van der Waals surface area contributed by atoms with E-state index in [0.29, 0.717) is 28.2 Å². The Hall–Kier alpha value is -2.36. The van der Waals surface area contributed by atoms with Crippen molar-refractivity contribution < 1.29 is 18.7 Å². The van der Waals surface area contributed by atoms with Gasteiger partial charge in [0.05, 0.1) is 12.7 Å². The lowest BCUT2D eigenvalue weighted by atomic mass is 9.88. The van der Waals surface area contributed by atoms with Gasteiger partial charge in [0.25, 0.3) is 0 Å². The zero-order valence-electron chi connectivity index (χ0n) is 9.94. The summed E-state index contributed by atoms with van der Waals surface area (Å²) in [5, 5.41) is 0. The van der Waals surface area contributed by atoms with Crippen LogP contribution in [0.2, 0.25) is 0 Å². The summed E-state index contributed by atoms with van der Waals surface area (Å²) >= 11 is 0. The number of ether oxygens (including phenoxy) is 1. The summed E-state index contributed by atoms with van der Waals surface area (Å²) in [6, 6.07) is 6.45. The van der Waals surface area contributed by atoms with Gasteiger partial charge in [0.15, 0.2) is 11.5 Å². The number of carbonyl (C=O) groups is 2. The molecule has 0 saturated carbocycles. The van der Waals surface area contributed by atoms with E-state index in [2.05, 4.69) is 0 Å². The normalized spacial score (nSPS) is 13.2. The first kappa shape index (κ1) is 10.8. The van der Waals surface area contributed by atoms with Crippen LogP contribution in [0.15, 0.2) is 28.7 Å². The molecule has 1 heterocycles. The number of fused-ring (bicyclic) bond motifs is 2. The molecule has 0 N–H and O–H groups in total. The third-order valence-corrected chi connectivity index (χ3v) is 3.02. The molecular formula is C14H10O4. The molecule has 0 radical (unpaired) electrons. The molecule has 0 spiro atoms. The smallest absolute Gasteiger partial charge is 0.229 e. The Labute approximate surface area is 103 Å². The van der Waals surface area contributed by atoms with Gasteiger partial charge in [-0.3, -0.25) is 9.59 Å². The van der Waals surface area contributed by atoms with Crippen molar-refractivity contribution in [2.75, 3.05) is 7.11 Å². The first-order chi connectivity index (χ1) is 8.61. The van der Waals surface area contributed by atoms with Crippen LogP contribution >= 0.6 is 0 Å². The van der Waals surface area contributed by atoms with Crippen molar-refractivity contribution in [3.63, 3.8) is 0 Å². The number of carbonyl (C=O) groups excluding carboxylic acids is 2. The summed E-state index contributed by atoms with van der Waals surface area (Å²) in [5.41, 5.74) is 1.07. The van der Waals surface area contributed by atoms with E-state index in [1.807, 2.05) is 0 Å². The van der Waals surface area contributed by atoms with Crippen molar-refractivity contribution in [2.45, 2.75) is 6.92 Å². The first-order valence-electron chi connectivity index (χ1n) is 5.49. The van der Waals surface area contributed by atoms with Crippen molar-refractivity contribution >= 4 is 11.6 Å². The molecule has 1 aromatic heterocycles. The van der Waals surface area contributed by atoms with Crippen LogP contribution in [-0.4, -0.2) is 18.7 Å². The number of methoxy groups -OCH3 is 1. The molecule has 0 unspecified atom stereocenters. The van der Waals surface area contributed by atoms with Crippen molar-refractivity contribution in [2.24, 2.45) is 0 Å². The van der Waals surface area contributed by atoms with E-state index in [1.54, 1.807) is 31.2 Å². The number of furan rings is 1. The van der Waals surface area contributed by atoms with Gasteiger partial charge in [-0.05, 0) is 31.2 Å². The van der Waals surface area contributed by atoms with Crippen LogP contribution in [0, 0.1) is 6.92 Å². The predicted molar refractivity (Wildman–Crippen MR) is 63.3 cm³/mol. The van der Waals surface area contributed by atoms with Crippen LogP contribution in [-0.2, 0) is 0 Å². The minimum atomic E-state index is -0.272. The fourth-order valence-corrected chi connectivity index (χ4v) is 2.16. The van der Waals surface area contributed by atoms with Gasteiger partial charge in [0, 0.05) is 11.1 Å². The van der Waals surface area contributed by atoms with E-state index < -0.39 is 0 Å². The Morgan fingerprint density at radius 1 is 1.00 bits per heavy atom. The van der Waals surface area contributed by atoms with Crippen LogP contribution in [0.3, 0.4) is 0 Å². The van der Waals surface area contributed by atoms with Gasteiger partial charge in [0.2, 0.25) is 5.78 Å². The second kappa shape index (κ2) is 3.57. The predicted octanol–water partition coefficient (Wildman–Crippen LogP) is 2.37. The van der Waals surface area contributed by atoms with Gasteiger partial charge in [-0.2, -0.15) is 0 Å². The maximum absolute atomic E-state index is 12.2. The Morgan fingerprint density at radius 3 is 2.50 bits per heavy atom. The largest absolute Gasteiger partial charge is 0.497 e. The van der Waals surface area contributed by atoms with Gasteiger partial charge in [-0.25, -0.2) is 0 Å². The van der Waals surface area contributed by atoms with E-state index in [-0.39, 0.29) is 17.3 Å². The number of hydrogen-bond donors (Lipinski definition) is 0. The molecule has 4 nitrogen and oxygen atoms in total. The molecule has 2 aromatic rings. The summed E-state index contributed by atoms with van der Waals surface area (Å²) in [4.78, 5) is 24.4. The van der Waals surface area contributed by atoms with E-state index in [0.717, 1.165) is 0 Å². The maximum atomic E-state index is 12.2. The molecule has 0 fully saturated rings. The molecule has 90 valence electrons. The molecule has 0 amide bonds. The number of benzene rings is 1. The molecule has 1 aliphatic carbocycles. The van der Waals surface area contributed by atoms with Crippen LogP contribution in [0.5, 0.6) is 5.75 Å². The summed E-state index contributed by atoms with van der Waals surface area (Å²) < 4.78 is 10.4. The summed E-state index contributed by atoms with van der Waals surface area (Å²) in [6.45, 7) is 1.71. The Kier molecular flexibility index (Phi) is 2.13. The van der Waals surface area contributed by atoms with Crippen molar-refractivity contribution in [1.29, 1.82) is 0 Å². The summed E-state index contributed by atoms with van der Waals surface area (Å²) in [6.07, 6.45) is 0. The van der Waals surface area contributed by atoms with Crippen LogP contribution in [0.4, 0.5) is 0 Å². The summed E-state index contributed by atoms with van der Waals surface area (Å²) in [7, 11) is 1.51. The molecule has 18 heavy (non-hydrogen) atoms. The van der Waals surface area contributed by atoms with Gasteiger partial charge >= 0.3 is 0 Å². The monoisotopic (exact) mass is 242 g/mol. The highest BCUT2D eigenvalue weighted by atomic mass is 16.5. The molecule has 1 aromatic carbocycles. The van der Waals surface area contributed by atoms with Crippen molar-refractivity contribution in [1.82, 2.24) is 0 Å². The van der Waals surface area contributed by atoms with E-state index in [9.17, 15) is 9.59 Å². The quantitative estimate of drug-likeness (QED) is 0.657. The van der Waals surface area contributed by atoms with E-state index >= 15 is 0 Å². The second-order valence-electron chi connectivity index (χ2n) is 4.17. The topological polar surface area (TPSA) is 56.5 Å². The highest BCUT2D eigenvalue weighted by Crippen LogP contribution is 2.31. The number of hydrogen-bond acceptors (Lipinski definition) is 4. The van der Waals surface area contributed by atoms with Crippen LogP contribution in [0.1, 0.15) is 37.8 Å². The molecule has 0 aliphatic heterocycles. The molecule has 4 heteroatoms. The van der Waals surface area contributed by atoms with Gasteiger partial charge in [0.1, 0.15) is 11.5 Å². The molecule has 0 atom stereocenters. The fraction of sp³-hybridized carbons (Fsp3) is 0.143. The molecule has 0 saturated heterocycles. The first-order valence-corrected chi connectivity index (χ1v) is 5.49. The minimum absolute atomic E-state index is 0.123. The maximum Gasteiger partial charge on any atom is 0.229 e. The molecular weight excluding hydrogens is 232 g/mol. The SMILES string of the molecule is COc1ccc2c(c1)C(=O)c1oc(C)cc1C2=O. The lowest BCUT2D eigenvalue weighted by molar-refractivity contribution is 0.0959. The van der Waals surface area contributed by atoms with Gasteiger partial charge < -0.3 is 9.15 Å². The number of ketones is 2. The number of aryl methyl sites for hydroxylation is 1. The molecule has 3 rings (SSSR count). The molecule has 0 bridgehead atoms. The lowest BCUT2D eigenvalue weighted by Crippen LogP contribution is -2.19. The third kappa shape index (κ3) is 1.32. The highest BCUT2D eigenvalue weighted by Gasteiger charge is 2.33. The zero-order chi connectivity index (χ0) is 12.9. The molecule has 1 aliphatic rings. The third-order valence-electron chi connectivity index (χ3n) is 3.02. The Morgan fingerprint density at radius 2 is 1.78 bits per heavy atom. The average molecular weight is 242 g/mol. The van der Waals surface area contributed by atoms with E-state index in [1.165, 1.54) is 7.11 Å². The Bertz CT molecular complexity index is 679. The standard InChI is InChI=1S/C14H10O4/c1-7-5-11-12(15)9-4-3-8(17-2)6-10(9)13(16)14(11)18-7/h3-6H,1-2H3.